The second-order valence-electron chi connectivity index (χ2n) is 27.2. The van der Waals surface area contributed by atoms with E-state index in [-0.39, 0.29) is 0 Å². The van der Waals surface area contributed by atoms with Crippen molar-refractivity contribution in [2.45, 2.75) is 0 Å². The van der Waals surface area contributed by atoms with Crippen molar-refractivity contribution in [3.8, 4) is 102 Å². The topological polar surface area (TPSA) is 113 Å². The Labute approximate surface area is 619 Å². The lowest BCUT2D eigenvalue weighted by Crippen LogP contribution is -2.00. The summed E-state index contributed by atoms with van der Waals surface area (Å²) in [6, 6.07) is 127. The highest BCUT2D eigenvalue weighted by Gasteiger charge is 2.23. The van der Waals surface area contributed by atoms with E-state index < -0.39 is 0 Å². The van der Waals surface area contributed by atoms with Crippen LogP contribution >= 0.6 is 0 Å². The molecular weight excluding hydrogens is 1320 g/mol. The number of benzene rings is 16. The maximum Gasteiger partial charge on any atom is 0.164 e. The first-order valence-corrected chi connectivity index (χ1v) is 36.2. The molecule has 0 N–H and O–H groups in total. The molecule has 0 aliphatic carbocycles. The number of hydrogen-bond acceptors (Lipinski definition) is 8. The van der Waals surface area contributed by atoms with E-state index in [0.717, 1.165) is 127 Å². The second-order valence-corrected chi connectivity index (χ2v) is 27.2. The Morgan fingerprint density at radius 2 is 0.454 bits per heavy atom. The molecular formula is C98H60N8O2. The highest BCUT2D eigenvalue weighted by atomic mass is 16.3. The first-order valence-electron chi connectivity index (χ1n) is 36.2. The van der Waals surface area contributed by atoms with Gasteiger partial charge in [0.2, 0.25) is 0 Å². The van der Waals surface area contributed by atoms with Crippen LogP contribution in [0.5, 0.6) is 0 Å². The maximum absolute atomic E-state index is 6.67. The third kappa shape index (κ3) is 10.6. The minimum absolute atomic E-state index is 0.622. The van der Waals surface area contributed by atoms with Crippen molar-refractivity contribution in [2.24, 2.45) is 0 Å². The molecule has 0 fully saturated rings. The summed E-state index contributed by atoms with van der Waals surface area (Å²) in [4.78, 5) is 29.6. The largest absolute Gasteiger partial charge is 0.456 e. The Bertz CT molecular complexity index is 7070. The second kappa shape index (κ2) is 25.6. The first kappa shape index (κ1) is 61.9. The first-order chi connectivity index (χ1) is 53.5. The Kier molecular flexibility index (Phi) is 14.7. The van der Waals surface area contributed by atoms with Gasteiger partial charge in [0.05, 0.1) is 22.1 Å². The highest BCUT2D eigenvalue weighted by Crippen LogP contribution is 2.45. The Balaban J connectivity index is 0.000000138. The molecule has 0 bridgehead atoms. The quantitative estimate of drug-likeness (QED) is 0.133. The number of hydrogen-bond donors (Lipinski definition) is 0. The average Bonchev–Trinajstić information content (AvgIpc) is 1.56. The fourth-order valence-electron chi connectivity index (χ4n) is 15.9. The Hall–Kier alpha value is -14.7. The lowest BCUT2D eigenvalue weighted by Gasteiger charge is -2.11. The summed E-state index contributed by atoms with van der Waals surface area (Å²) < 4.78 is 18.0. The van der Waals surface area contributed by atoms with Crippen molar-refractivity contribution in [3.63, 3.8) is 0 Å². The minimum atomic E-state index is 0.622. The number of para-hydroxylation sites is 4. The molecule has 0 unspecified atom stereocenters. The van der Waals surface area contributed by atoms with Gasteiger partial charge in [0.1, 0.15) is 22.3 Å². The van der Waals surface area contributed by atoms with Crippen LogP contribution in [0.25, 0.3) is 211 Å². The summed E-state index contributed by atoms with van der Waals surface area (Å²) in [6.07, 6.45) is 0. The monoisotopic (exact) mass is 1380 g/mol. The van der Waals surface area contributed by atoms with Crippen LogP contribution in [0.2, 0.25) is 0 Å². The fourth-order valence-corrected chi connectivity index (χ4v) is 15.9. The maximum atomic E-state index is 6.67. The van der Waals surface area contributed by atoms with E-state index >= 15 is 0 Å². The molecule has 10 heteroatoms. The van der Waals surface area contributed by atoms with E-state index in [1.165, 1.54) is 49.0 Å². The van der Waals surface area contributed by atoms with E-state index in [0.29, 0.717) is 34.9 Å². The summed E-state index contributed by atoms with van der Waals surface area (Å²) in [5.74, 6) is 3.82. The lowest BCUT2D eigenvalue weighted by molar-refractivity contribution is 0.669. The van der Waals surface area contributed by atoms with Gasteiger partial charge < -0.3 is 18.0 Å². The smallest absolute Gasteiger partial charge is 0.164 e. The Morgan fingerprint density at radius 1 is 0.176 bits per heavy atom. The molecule has 6 heterocycles. The highest BCUT2D eigenvalue weighted by molar-refractivity contribution is 6.24. The predicted octanol–water partition coefficient (Wildman–Crippen LogP) is 25.4. The summed E-state index contributed by atoms with van der Waals surface area (Å²) in [6.45, 7) is 0. The van der Waals surface area contributed by atoms with Crippen molar-refractivity contribution in [3.05, 3.63) is 364 Å². The van der Waals surface area contributed by atoms with E-state index in [1.54, 1.807) is 0 Å². The van der Waals surface area contributed by atoms with E-state index in [4.69, 9.17) is 38.7 Å². The van der Waals surface area contributed by atoms with Crippen LogP contribution in [0.1, 0.15) is 0 Å². The van der Waals surface area contributed by atoms with Crippen molar-refractivity contribution in [1.82, 2.24) is 39.0 Å². The van der Waals surface area contributed by atoms with Gasteiger partial charge in [-0.2, -0.15) is 0 Å². The minimum Gasteiger partial charge on any atom is -0.456 e. The lowest BCUT2D eigenvalue weighted by atomic mass is 9.94. The fraction of sp³-hybridized carbons (Fsp3) is 0. The van der Waals surface area contributed by atoms with Gasteiger partial charge in [-0.25, -0.2) is 29.9 Å². The number of fused-ring (bicyclic) bond motifs is 16. The molecule has 6 aromatic heterocycles. The number of nitrogens with zero attached hydrogens (tertiary/aromatic N) is 8. The van der Waals surface area contributed by atoms with Gasteiger partial charge in [-0.1, -0.05) is 285 Å². The summed E-state index contributed by atoms with van der Waals surface area (Å²) in [5, 5.41) is 14.0. The van der Waals surface area contributed by atoms with Crippen LogP contribution in [-0.2, 0) is 0 Å². The van der Waals surface area contributed by atoms with Gasteiger partial charge in [0, 0.05) is 87.8 Å². The van der Waals surface area contributed by atoms with Gasteiger partial charge in [-0.05, 0) is 123 Å². The Morgan fingerprint density at radius 3 is 0.824 bits per heavy atom. The van der Waals surface area contributed by atoms with Crippen molar-refractivity contribution >= 4 is 109 Å². The van der Waals surface area contributed by atoms with E-state index in [9.17, 15) is 0 Å². The standard InChI is InChI=1S/2C49H30N4O/c1-3-14-31(15-4-1)47-50-48(32-16-5-2-6-17-32)52-49(51-47)34-19-13-18-33(28-34)40-30-45-46(39-23-8-7-20-36(39)40)41-29-35(26-27-44(41)54-45)53-42-24-11-9-21-37(42)38-22-10-12-25-43(38)53;1-3-13-32(14-4-1)47-50-48(33-15-5-2-6-16-33)52-49(51-47)34-25-23-31(24-26-34)40-30-45-46(39-20-8-7-17-36(39)40)41-29-35(27-28-44(41)54-45)53-42-21-11-9-18-37(42)38-19-10-12-22-43(38)53/h2*1-30H. The van der Waals surface area contributed by atoms with Crippen molar-refractivity contribution in [2.75, 3.05) is 0 Å². The van der Waals surface area contributed by atoms with Gasteiger partial charge in [0.15, 0.2) is 34.9 Å². The molecule has 22 rings (SSSR count). The van der Waals surface area contributed by atoms with Crippen LogP contribution < -0.4 is 0 Å². The summed E-state index contributed by atoms with van der Waals surface area (Å²) in [5.41, 5.74) is 20.3. The van der Waals surface area contributed by atoms with Gasteiger partial charge in [0.25, 0.3) is 0 Å². The van der Waals surface area contributed by atoms with Crippen LogP contribution in [0.3, 0.4) is 0 Å². The zero-order chi connectivity index (χ0) is 71.2. The molecule has 10 nitrogen and oxygen atoms in total. The molecule has 0 amide bonds. The third-order valence-corrected chi connectivity index (χ3v) is 20.9. The molecule has 0 saturated heterocycles. The predicted molar refractivity (Wildman–Crippen MR) is 441 cm³/mol. The van der Waals surface area contributed by atoms with Crippen LogP contribution in [0.15, 0.2) is 373 Å². The molecule has 0 saturated carbocycles. The van der Waals surface area contributed by atoms with Crippen molar-refractivity contribution < 1.29 is 8.83 Å². The molecule has 0 atom stereocenters. The van der Waals surface area contributed by atoms with Crippen LogP contribution in [0, 0.1) is 0 Å². The molecule has 16 aromatic carbocycles. The molecule has 22 aromatic rings. The molecule has 0 aliphatic rings. The average molecular weight is 1380 g/mol. The van der Waals surface area contributed by atoms with E-state index in [1.807, 2.05) is 121 Å². The number of aromatic nitrogens is 8. The third-order valence-electron chi connectivity index (χ3n) is 20.9. The zero-order valence-electron chi connectivity index (χ0n) is 58.0. The summed E-state index contributed by atoms with van der Waals surface area (Å²) >= 11 is 0. The molecule has 0 radical (unpaired) electrons. The molecule has 108 heavy (non-hydrogen) atoms. The van der Waals surface area contributed by atoms with Crippen molar-refractivity contribution in [1.29, 1.82) is 0 Å². The van der Waals surface area contributed by atoms with Crippen LogP contribution in [0.4, 0.5) is 0 Å². The summed E-state index contributed by atoms with van der Waals surface area (Å²) in [7, 11) is 0. The van der Waals surface area contributed by atoms with Crippen LogP contribution in [-0.4, -0.2) is 39.0 Å². The molecule has 504 valence electrons. The normalized spacial score (nSPS) is 11.7. The number of furan rings is 2. The van der Waals surface area contributed by atoms with E-state index in [2.05, 4.69) is 252 Å². The van der Waals surface area contributed by atoms with Gasteiger partial charge in [-0.15, -0.1) is 0 Å². The number of rotatable bonds is 10. The van der Waals surface area contributed by atoms with Gasteiger partial charge >= 0.3 is 0 Å². The SMILES string of the molecule is c1ccc(-c2nc(-c3ccccc3)nc(-c3ccc(-c4cc5oc6ccc(-n7c8ccccc8c8ccccc87)cc6c5c5ccccc45)cc3)n2)cc1.c1ccc(-c2nc(-c3ccccc3)nc(-c3cccc(-c4cc5oc6ccc(-n7c8ccccc8c8ccccc87)cc6c5c5ccccc45)c3)n2)cc1. The van der Waals surface area contributed by atoms with Gasteiger partial charge in [-0.3, -0.25) is 0 Å². The molecule has 0 aliphatic heterocycles. The molecule has 0 spiro atoms. The zero-order valence-corrected chi connectivity index (χ0v) is 58.0.